The topological polar surface area (TPSA) is 30.5 Å². The lowest BCUT2D eigenvalue weighted by Gasteiger charge is -2.34. The van der Waals surface area contributed by atoms with E-state index < -0.39 is 0 Å². The van der Waals surface area contributed by atoms with Crippen molar-refractivity contribution in [1.82, 2.24) is 5.32 Å². The lowest BCUT2D eigenvalue weighted by molar-refractivity contribution is 0.0446. The van der Waals surface area contributed by atoms with Crippen molar-refractivity contribution in [3.05, 3.63) is 42.5 Å². The first-order chi connectivity index (χ1) is 9.22. The molecule has 0 aromatic heterocycles. The van der Waals surface area contributed by atoms with Crippen LogP contribution in [-0.4, -0.2) is 25.4 Å². The summed E-state index contributed by atoms with van der Waals surface area (Å²) in [5.41, 5.74) is 1.48. The Bertz CT molecular complexity index is 394. The molecular formula is C16H23NO2. The van der Waals surface area contributed by atoms with Crippen molar-refractivity contribution in [3.63, 3.8) is 0 Å². The van der Waals surface area contributed by atoms with E-state index in [1.165, 1.54) is 5.56 Å². The van der Waals surface area contributed by atoms with Gasteiger partial charge in [-0.25, -0.2) is 0 Å². The molecule has 1 N–H and O–H groups in total. The first-order valence-corrected chi connectivity index (χ1v) is 6.87. The minimum absolute atomic E-state index is 0.205. The number of rotatable bonds is 6. The van der Waals surface area contributed by atoms with Crippen LogP contribution in [0.3, 0.4) is 0 Å². The number of ether oxygens (including phenoxy) is 2. The van der Waals surface area contributed by atoms with Gasteiger partial charge in [-0.1, -0.05) is 24.8 Å². The van der Waals surface area contributed by atoms with Crippen molar-refractivity contribution in [2.75, 3.05) is 19.8 Å². The predicted octanol–water partition coefficient (Wildman–Crippen LogP) is 2.91. The summed E-state index contributed by atoms with van der Waals surface area (Å²) in [6.45, 7) is 9.07. The molecule has 19 heavy (non-hydrogen) atoms. The molecule has 0 spiro atoms. The molecule has 0 atom stereocenters. The molecule has 1 fully saturated rings. The van der Waals surface area contributed by atoms with E-state index in [2.05, 4.69) is 31.0 Å². The maximum absolute atomic E-state index is 5.47. The number of benzene rings is 1. The predicted molar refractivity (Wildman–Crippen MR) is 77.4 cm³/mol. The Hall–Kier alpha value is -1.32. The van der Waals surface area contributed by atoms with Gasteiger partial charge in [0.15, 0.2) is 0 Å². The van der Waals surface area contributed by atoms with Crippen LogP contribution in [0.4, 0.5) is 0 Å². The van der Waals surface area contributed by atoms with Gasteiger partial charge in [0.1, 0.15) is 12.4 Å². The third-order valence-electron chi connectivity index (χ3n) is 3.61. The molecule has 3 nitrogen and oxygen atoms in total. The van der Waals surface area contributed by atoms with E-state index in [1.807, 2.05) is 12.1 Å². The second kappa shape index (κ2) is 6.73. The van der Waals surface area contributed by atoms with Gasteiger partial charge in [0, 0.05) is 25.3 Å². The number of hydrogen-bond donors (Lipinski definition) is 1. The van der Waals surface area contributed by atoms with Gasteiger partial charge in [-0.3, -0.25) is 0 Å². The highest BCUT2D eigenvalue weighted by Crippen LogP contribution is 2.20. The van der Waals surface area contributed by atoms with E-state index in [-0.39, 0.29) is 5.54 Å². The Morgan fingerprint density at radius 1 is 1.32 bits per heavy atom. The molecule has 0 saturated carbocycles. The SMILES string of the molecule is C=CCOc1ccc(CNC2(C)CCOCC2)cc1. The Morgan fingerprint density at radius 3 is 2.63 bits per heavy atom. The lowest BCUT2D eigenvalue weighted by Crippen LogP contribution is -2.46. The minimum Gasteiger partial charge on any atom is -0.490 e. The van der Waals surface area contributed by atoms with E-state index in [4.69, 9.17) is 9.47 Å². The van der Waals surface area contributed by atoms with Crippen LogP contribution in [0.2, 0.25) is 0 Å². The highest BCUT2D eigenvalue weighted by molar-refractivity contribution is 5.27. The smallest absolute Gasteiger partial charge is 0.119 e. The van der Waals surface area contributed by atoms with Gasteiger partial charge in [-0.05, 0) is 37.5 Å². The third kappa shape index (κ3) is 4.37. The fourth-order valence-electron chi connectivity index (χ4n) is 2.17. The average Bonchev–Trinajstić information content (AvgIpc) is 2.45. The van der Waals surface area contributed by atoms with E-state index in [0.717, 1.165) is 38.3 Å². The van der Waals surface area contributed by atoms with Gasteiger partial charge in [0.25, 0.3) is 0 Å². The quantitative estimate of drug-likeness (QED) is 0.799. The summed E-state index contributed by atoms with van der Waals surface area (Å²) >= 11 is 0. The van der Waals surface area contributed by atoms with Gasteiger partial charge in [-0.15, -0.1) is 0 Å². The largest absolute Gasteiger partial charge is 0.490 e. The molecule has 0 radical (unpaired) electrons. The Balaban J connectivity index is 1.83. The van der Waals surface area contributed by atoms with Gasteiger partial charge >= 0.3 is 0 Å². The first kappa shape index (κ1) is 14.1. The van der Waals surface area contributed by atoms with Gasteiger partial charge in [0.05, 0.1) is 0 Å². The van der Waals surface area contributed by atoms with Gasteiger partial charge < -0.3 is 14.8 Å². The van der Waals surface area contributed by atoms with Crippen LogP contribution in [0.1, 0.15) is 25.3 Å². The summed E-state index contributed by atoms with van der Waals surface area (Å²) in [6.07, 6.45) is 3.91. The van der Waals surface area contributed by atoms with Crippen LogP contribution >= 0.6 is 0 Å². The molecule has 1 aromatic carbocycles. The van der Waals surface area contributed by atoms with Crippen LogP contribution in [0.5, 0.6) is 5.75 Å². The Morgan fingerprint density at radius 2 is 2.00 bits per heavy atom. The van der Waals surface area contributed by atoms with E-state index in [9.17, 15) is 0 Å². The Kier molecular flexibility index (Phi) is 5.00. The molecule has 1 aromatic rings. The van der Waals surface area contributed by atoms with E-state index in [0.29, 0.717) is 6.61 Å². The summed E-state index contributed by atoms with van der Waals surface area (Å²) in [5, 5.41) is 3.64. The zero-order valence-corrected chi connectivity index (χ0v) is 11.7. The fraction of sp³-hybridized carbons (Fsp3) is 0.500. The van der Waals surface area contributed by atoms with Crippen molar-refractivity contribution in [2.24, 2.45) is 0 Å². The van der Waals surface area contributed by atoms with Crippen molar-refractivity contribution in [1.29, 1.82) is 0 Å². The molecular weight excluding hydrogens is 238 g/mol. The maximum atomic E-state index is 5.47. The standard InChI is InChI=1S/C16H23NO2/c1-3-10-19-15-6-4-14(5-7-15)13-17-16(2)8-11-18-12-9-16/h3-7,17H,1,8-13H2,2H3. The van der Waals surface area contributed by atoms with Crippen LogP contribution in [-0.2, 0) is 11.3 Å². The molecule has 0 bridgehead atoms. The van der Waals surface area contributed by atoms with Crippen molar-refractivity contribution >= 4 is 0 Å². The van der Waals surface area contributed by atoms with Crippen molar-refractivity contribution < 1.29 is 9.47 Å². The molecule has 2 rings (SSSR count). The molecule has 1 aliphatic heterocycles. The average molecular weight is 261 g/mol. The van der Waals surface area contributed by atoms with Crippen LogP contribution in [0.15, 0.2) is 36.9 Å². The number of nitrogens with one attached hydrogen (secondary N) is 1. The van der Waals surface area contributed by atoms with E-state index >= 15 is 0 Å². The summed E-state index contributed by atoms with van der Waals surface area (Å²) < 4.78 is 10.9. The highest BCUT2D eigenvalue weighted by atomic mass is 16.5. The van der Waals surface area contributed by atoms with Gasteiger partial charge in [-0.2, -0.15) is 0 Å². The van der Waals surface area contributed by atoms with Gasteiger partial charge in [0.2, 0.25) is 0 Å². The first-order valence-electron chi connectivity index (χ1n) is 6.87. The summed E-state index contributed by atoms with van der Waals surface area (Å²) in [4.78, 5) is 0. The summed E-state index contributed by atoms with van der Waals surface area (Å²) in [6, 6.07) is 8.22. The highest BCUT2D eigenvalue weighted by Gasteiger charge is 2.26. The zero-order chi connectivity index (χ0) is 13.6. The molecule has 3 heteroatoms. The summed E-state index contributed by atoms with van der Waals surface area (Å²) in [5.74, 6) is 0.890. The molecule has 0 aliphatic carbocycles. The normalized spacial score (nSPS) is 17.9. The monoisotopic (exact) mass is 261 g/mol. The molecule has 0 amide bonds. The zero-order valence-electron chi connectivity index (χ0n) is 11.7. The van der Waals surface area contributed by atoms with Crippen LogP contribution < -0.4 is 10.1 Å². The number of hydrogen-bond acceptors (Lipinski definition) is 3. The van der Waals surface area contributed by atoms with Crippen LogP contribution in [0, 0.1) is 0 Å². The van der Waals surface area contributed by atoms with Crippen LogP contribution in [0.25, 0.3) is 0 Å². The maximum Gasteiger partial charge on any atom is 0.119 e. The lowest BCUT2D eigenvalue weighted by atomic mass is 9.92. The second-order valence-corrected chi connectivity index (χ2v) is 5.27. The summed E-state index contributed by atoms with van der Waals surface area (Å²) in [7, 11) is 0. The van der Waals surface area contributed by atoms with Crippen molar-refractivity contribution in [2.45, 2.75) is 31.8 Å². The molecule has 104 valence electrons. The van der Waals surface area contributed by atoms with E-state index in [1.54, 1.807) is 6.08 Å². The van der Waals surface area contributed by atoms with Crippen molar-refractivity contribution in [3.8, 4) is 5.75 Å². The second-order valence-electron chi connectivity index (χ2n) is 5.27. The Labute approximate surface area is 115 Å². The molecule has 1 aliphatic rings. The molecule has 0 unspecified atom stereocenters. The minimum atomic E-state index is 0.205. The molecule has 1 saturated heterocycles. The third-order valence-corrected chi connectivity index (χ3v) is 3.61. The molecule has 1 heterocycles. The fourth-order valence-corrected chi connectivity index (χ4v) is 2.17.